The van der Waals surface area contributed by atoms with Crippen LogP contribution >= 0.6 is 22.7 Å². The number of halogens is 1. The maximum Gasteiger partial charge on any atom is 0.408 e. The Kier molecular flexibility index (Phi) is 10.00. The summed E-state index contributed by atoms with van der Waals surface area (Å²) in [6, 6.07) is 0.496. The summed E-state index contributed by atoms with van der Waals surface area (Å²) < 4.78 is 21.8. The molecule has 5 heterocycles. The van der Waals surface area contributed by atoms with E-state index in [0.717, 1.165) is 5.56 Å². The average Bonchev–Trinajstić information content (AvgIpc) is 3.57. The van der Waals surface area contributed by atoms with E-state index in [-0.39, 0.29) is 38.6 Å². The van der Waals surface area contributed by atoms with Crippen molar-refractivity contribution in [1.82, 2.24) is 25.3 Å². The molecule has 0 radical (unpaired) electrons. The molecule has 1 aliphatic carbocycles. The van der Waals surface area contributed by atoms with Crippen LogP contribution in [0.2, 0.25) is 0 Å². The summed E-state index contributed by atoms with van der Waals surface area (Å²) in [6.45, 7) is 4.87. The largest absolute Gasteiger partial charge is 0.479 e. The van der Waals surface area contributed by atoms with Gasteiger partial charge in [0.2, 0.25) is 11.8 Å². The molecule has 12 nitrogen and oxygen atoms in total. The van der Waals surface area contributed by atoms with E-state index in [1.807, 2.05) is 33.7 Å². The molecule has 0 spiro atoms. The Morgan fingerprint density at radius 1 is 1.10 bits per heavy atom. The Hall–Kier alpha value is -4.37. The predicted molar refractivity (Wildman–Crippen MR) is 187 cm³/mol. The summed E-state index contributed by atoms with van der Waals surface area (Å²) in [5.41, 5.74) is -0.258. The third kappa shape index (κ3) is 7.38. The van der Waals surface area contributed by atoms with Gasteiger partial charge >= 0.3 is 12.1 Å². The third-order valence-corrected chi connectivity index (χ3v) is 10.7. The Labute approximate surface area is 296 Å². The maximum atomic E-state index is 15.1. The number of carboxylic acids is 1. The highest BCUT2D eigenvalue weighted by molar-refractivity contribution is 7.08. The summed E-state index contributed by atoms with van der Waals surface area (Å²) in [5.74, 6) is -3.09. The first kappa shape index (κ1) is 35.5. The molecule has 2 aliphatic heterocycles. The molecule has 6 rings (SSSR count). The molecule has 1 saturated heterocycles. The van der Waals surface area contributed by atoms with E-state index in [1.54, 1.807) is 39.1 Å². The molecule has 3 N–H and O–H groups in total. The van der Waals surface area contributed by atoms with E-state index in [2.05, 4.69) is 15.7 Å². The number of aromatic nitrogens is 2. The van der Waals surface area contributed by atoms with E-state index in [0.29, 0.717) is 23.1 Å². The van der Waals surface area contributed by atoms with E-state index in [1.165, 1.54) is 32.3 Å². The number of fused-ring (bicyclic) bond motifs is 2. The zero-order valence-corrected chi connectivity index (χ0v) is 29.6. The molecule has 3 unspecified atom stereocenters. The molecule has 3 aromatic heterocycles. The van der Waals surface area contributed by atoms with Crippen LogP contribution in [0.3, 0.4) is 0 Å². The molecular formula is C35H40FN5O7S2. The first-order valence-electron chi connectivity index (χ1n) is 16.6. The lowest BCUT2D eigenvalue weighted by Crippen LogP contribution is -2.56. The first-order valence-corrected chi connectivity index (χ1v) is 18.5. The Bertz CT molecular complexity index is 1840. The minimum atomic E-state index is -1.58. The average molecular weight is 726 g/mol. The number of carboxylic acid groups (broad SMARTS) is 1. The van der Waals surface area contributed by atoms with Gasteiger partial charge in [-0.05, 0) is 97.7 Å². The molecule has 0 aromatic carbocycles. The van der Waals surface area contributed by atoms with Gasteiger partial charge in [0.15, 0.2) is 0 Å². The third-order valence-electron chi connectivity index (χ3n) is 9.37. The number of aliphatic carboxylic acids is 1. The van der Waals surface area contributed by atoms with E-state index < -0.39 is 70.8 Å². The van der Waals surface area contributed by atoms with Crippen LogP contribution in [0.25, 0.3) is 22.3 Å². The number of alkyl carbamates (subject to hydrolysis) is 1. The van der Waals surface area contributed by atoms with Crippen molar-refractivity contribution in [3.8, 4) is 22.3 Å². The summed E-state index contributed by atoms with van der Waals surface area (Å²) in [5, 5.41) is 27.5. The van der Waals surface area contributed by atoms with Gasteiger partial charge in [-0.1, -0.05) is 12.2 Å². The molecule has 3 amide bonds. The number of nitrogens with zero attached hydrogens (tertiary/aromatic N) is 3. The first-order chi connectivity index (χ1) is 23.8. The van der Waals surface area contributed by atoms with Gasteiger partial charge in [-0.25, -0.2) is 18.7 Å². The van der Waals surface area contributed by atoms with Gasteiger partial charge in [0.25, 0.3) is 5.56 Å². The smallest absolute Gasteiger partial charge is 0.408 e. The summed E-state index contributed by atoms with van der Waals surface area (Å²) in [7, 11) is 0. The standard InChI is InChI=1S/C35H40FN5O7S2/c1-34(2,3)48-33(47)38-26-9-8-23(36)7-5-4-6-22-15-35(22,32(45)46)39-29(42)27-14-24(17-40(27)30(26)43)41-31(44)28(21-11-13-50-19-21)25(16-37-41)20-10-12-49-18-20/h4,6,10-13,16,18-19,22-24,26-27H,5,7-9,14-15,17H2,1-3H3,(H,38,47)(H,39,42)(H,45,46)/b6-4-/t22?,23?,24-,26+,27+,35?/m1/s1. The van der Waals surface area contributed by atoms with Crippen LogP contribution in [-0.4, -0.2) is 79.6 Å². The predicted octanol–water partition coefficient (Wildman–Crippen LogP) is 5.16. The topological polar surface area (TPSA) is 160 Å². The van der Waals surface area contributed by atoms with E-state index in [9.17, 15) is 29.1 Å². The highest BCUT2D eigenvalue weighted by Gasteiger charge is 2.61. The molecule has 0 bridgehead atoms. The highest BCUT2D eigenvalue weighted by atomic mass is 32.1. The molecule has 50 heavy (non-hydrogen) atoms. The van der Waals surface area contributed by atoms with Crippen LogP contribution < -0.4 is 16.2 Å². The minimum absolute atomic E-state index is 0.0492. The number of hydrogen-bond donors (Lipinski definition) is 3. The zero-order valence-electron chi connectivity index (χ0n) is 28.0. The quantitative estimate of drug-likeness (QED) is 0.304. The number of rotatable bonds is 5. The highest BCUT2D eigenvalue weighted by Crippen LogP contribution is 2.45. The Morgan fingerprint density at radius 3 is 2.48 bits per heavy atom. The number of ether oxygens (including phenoxy) is 1. The van der Waals surface area contributed by atoms with Gasteiger partial charge in [0, 0.05) is 24.4 Å². The molecule has 15 heteroatoms. The lowest BCUT2D eigenvalue weighted by atomic mass is 10.0. The Balaban J connectivity index is 1.39. The molecule has 6 atom stereocenters. The summed E-state index contributed by atoms with van der Waals surface area (Å²) in [6.07, 6.45) is 3.29. The fourth-order valence-electron chi connectivity index (χ4n) is 6.74. The van der Waals surface area contributed by atoms with Crippen LogP contribution in [-0.2, 0) is 19.1 Å². The fourth-order valence-corrected chi connectivity index (χ4v) is 8.04. The van der Waals surface area contributed by atoms with Gasteiger partial charge < -0.3 is 25.4 Å². The van der Waals surface area contributed by atoms with Crippen molar-refractivity contribution < 1.29 is 33.4 Å². The lowest BCUT2D eigenvalue weighted by molar-refractivity contribution is -0.145. The molecule has 2 fully saturated rings. The molecule has 266 valence electrons. The molecule has 3 aliphatic rings. The van der Waals surface area contributed by atoms with E-state index >= 15 is 4.39 Å². The lowest BCUT2D eigenvalue weighted by Gasteiger charge is -2.30. The number of carbonyl (C=O) groups excluding carboxylic acids is 3. The zero-order chi connectivity index (χ0) is 35.8. The van der Waals surface area contributed by atoms with Crippen molar-refractivity contribution in [2.45, 2.75) is 94.7 Å². The van der Waals surface area contributed by atoms with Crippen LogP contribution in [0.5, 0.6) is 0 Å². The van der Waals surface area contributed by atoms with Crippen molar-refractivity contribution in [2.24, 2.45) is 5.92 Å². The van der Waals surface area contributed by atoms with Crippen molar-refractivity contribution in [1.29, 1.82) is 0 Å². The number of amides is 3. The van der Waals surface area contributed by atoms with Crippen LogP contribution in [0, 0.1) is 5.92 Å². The fraction of sp³-hybridized carbons (Fsp3) is 0.486. The van der Waals surface area contributed by atoms with Crippen LogP contribution in [0.4, 0.5) is 9.18 Å². The normalized spacial score (nSPS) is 28.0. The van der Waals surface area contributed by atoms with E-state index in [4.69, 9.17) is 4.74 Å². The number of alkyl halides is 1. The second-order valence-corrected chi connectivity index (χ2v) is 15.6. The van der Waals surface area contributed by atoms with Gasteiger partial charge in [-0.2, -0.15) is 27.8 Å². The summed E-state index contributed by atoms with van der Waals surface area (Å²) >= 11 is 2.92. The maximum absolute atomic E-state index is 15.1. The number of carbonyl (C=O) groups is 4. The number of thiophene rings is 2. The SMILES string of the molecule is CC(C)(C)OC(=O)N[C@H]1CCC(F)CC/C=C\C2CC2(C(=O)O)NC(=O)[C@@H]2C[C@@H](n3ncc(-c4ccsc4)c(-c4ccsc4)c3=O)CN2C1=O. The van der Waals surface area contributed by atoms with Gasteiger partial charge in [-0.3, -0.25) is 14.4 Å². The minimum Gasteiger partial charge on any atom is -0.479 e. The molecular weight excluding hydrogens is 686 g/mol. The van der Waals surface area contributed by atoms with Crippen molar-refractivity contribution in [3.05, 3.63) is 62.4 Å². The second-order valence-electron chi connectivity index (χ2n) is 14.1. The van der Waals surface area contributed by atoms with Gasteiger partial charge in [0.05, 0.1) is 17.8 Å². The van der Waals surface area contributed by atoms with Crippen LogP contribution in [0.15, 0.2) is 56.8 Å². The van der Waals surface area contributed by atoms with Gasteiger partial charge in [-0.15, -0.1) is 0 Å². The number of hydrogen-bond acceptors (Lipinski definition) is 9. The monoisotopic (exact) mass is 725 g/mol. The van der Waals surface area contributed by atoms with Crippen molar-refractivity contribution >= 4 is 46.6 Å². The molecule has 3 aromatic rings. The van der Waals surface area contributed by atoms with Crippen molar-refractivity contribution in [3.63, 3.8) is 0 Å². The number of nitrogens with one attached hydrogen (secondary N) is 2. The molecule has 1 saturated carbocycles. The number of allylic oxidation sites excluding steroid dienone is 1. The van der Waals surface area contributed by atoms with Gasteiger partial charge in [0.1, 0.15) is 29.4 Å². The second kappa shape index (κ2) is 14.1. The summed E-state index contributed by atoms with van der Waals surface area (Å²) in [4.78, 5) is 69.3. The Morgan fingerprint density at radius 2 is 1.82 bits per heavy atom. The van der Waals surface area contributed by atoms with Crippen LogP contribution in [0.1, 0.15) is 65.3 Å². The van der Waals surface area contributed by atoms with Crippen molar-refractivity contribution in [2.75, 3.05) is 6.54 Å².